The van der Waals surface area contributed by atoms with Gasteiger partial charge >= 0.3 is 0 Å². The number of carbonyl (C=O) groups is 1. The highest BCUT2D eigenvalue weighted by atomic mass is 19.1. The summed E-state index contributed by atoms with van der Waals surface area (Å²) in [7, 11) is 0. The summed E-state index contributed by atoms with van der Waals surface area (Å²) in [5.74, 6) is 0.328. The fourth-order valence-electron chi connectivity index (χ4n) is 2.29. The first-order valence-corrected chi connectivity index (χ1v) is 7.72. The molecule has 2 aromatic rings. The summed E-state index contributed by atoms with van der Waals surface area (Å²) >= 11 is 0. The molecule has 0 unspecified atom stereocenters. The quantitative estimate of drug-likeness (QED) is 0.490. The Labute approximate surface area is 130 Å². The van der Waals surface area contributed by atoms with Gasteiger partial charge in [0, 0.05) is 0 Å². The van der Waals surface area contributed by atoms with Gasteiger partial charge in [-0.3, -0.25) is 4.79 Å². The van der Waals surface area contributed by atoms with E-state index in [1.807, 2.05) is 12.1 Å². The summed E-state index contributed by atoms with van der Waals surface area (Å²) in [4.78, 5) is 11.1. The summed E-state index contributed by atoms with van der Waals surface area (Å²) in [6.07, 6.45) is 5.28. The van der Waals surface area contributed by atoms with Crippen LogP contribution in [0, 0.1) is 5.82 Å². The van der Waals surface area contributed by atoms with Gasteiger partial charge in [0.2, 0.25) is 0 Å². The molecule has 22 heavy (non-hydrogen) atoms. The van der Waals surface area contributed by atoms with Crippen molar-refractivity contribution in [3.05, 3.63) is 53.8 Å². The molecule has 2 rings (SSSR count). The maximum atomic E-state index is 13.0. The van der Waals surface area contributed by atoms with Crippen molar-refractivity contribution in [2.45, 2.75) is 32.6 Å². The normalized spacial score (nSPS) is 10.5. The zero-order valence-corrected chi connectivity index (χ0v) is 12.8. The Morgan fingerprint density at radius 2 is 1.73 bits per heavy atom. The second-order valence-corrected chi connectivity index (χ2v) is 5.29. The van der Waals surface area contributed by atoms with Crippen LogP contribution in [0.15, 0.2) is 42.5 Å². The molecule has 0 radical (unpaired) electrons. The van der Waals surface area contributed by atoms with Crippen molar-refractivity contribution in [2.24, 2.45) is 0 Å². The summed E-state index contributed by atoms with van der Waals surface area (Å²) in [5, 5.41) is 0. The largest absolute Gasteiger partial charge is 0.493 e. The van der Waals surface area contributed by atoms with Crippen molar-refractivity contribution >= 4 is 6.29 Å². The average molecular weight is 300 g/mol. The van der Waals surface area contributed by atoms with Crippen LogP contribution in [-0.4, -0.2) is 12.9 Å². The van der Waals surface area contributed by atoms with E-state index in [0.29, 0.717) is 17.9 Å². The minimum atomic E-state index is -0.263. The van der Waals surface area contributed by atoms with Crippen molar-refractivity contribution in [3.63, 3.8) is 0 Å². The number of hydrogen-bond acceptors (Lipinski definition) is 2. The van der Waals surface area contributed by atoms with E-state index in [0.717, 1.165) is 30.3 Å². The van der Waals surface area contributed by atoms with E-state index in [-0.39, 0.29) is 5.82 Å². The monoisotopic (exact) mass is 300 g/mol. The Hall–Kier alpha value is -2.16. The molecule has 3 heteroatoms. The van der Waals surface area contributed by atoms with Crippen LogP contribution in [0.1, 0.15) is 43.0 Å². The molecule has 116 valence electrons. The lowest BCUT2D eigenvalue weighted by molar-refractivity contribution is 0.111. The zero-order valence-electron chi connectivity index (χ0n) is 12.8. The molecule has 0 aliphatic rings. The fourth-order valence-corrected chi connectivity index (χ4v) is 2.29. The lowest BCUT2D eigenvalue weighted by Gasteiger charge is -2.11. The number of ether oxygens (including phenoxy) is 1. The maximum Gasteiger partial charge on any atom is 0.153 e. The number of aldehydes is 1. The van der Waals surface area contributed by atoms with Crippen LogP contribution in [0.3, 0.4) is 0 Å². The topological polar surface area (TPSA) is 26.3 Å². The van der Waals surface area contributed by atoms with E-state index in [2.05, 4.69) is 6.92 Å². The number of benzene rings is 2. The van der Waals surface area contributed by atoms with Crippen molar-refractivity contribution in [1.82, 2.24) is 0 Å². The van der Waals surface area contributed by atoms with Gasteiger partial charge in [-0.05, 0) is 41.8 Å². The number of unbranched alkanes of at least 4 members (excludes halogenated alkanes) is 3. The van der Waals surface area contributed by atoms with Gasteiger partial charge in [-0.15, -0.1) is 0 Å². The molecule has 0 fully saturated rings. The van der Waals surface area contributed by atoms with Crippen molar-refractivity contribution < 1.29 is 13.9 Å². The number of rotatable bonds is 8. The minimum Gasteiger partial charge on any atom is -0.493 e. The Bertz CT molecular complexity index is 605. The molecule has 0 aromatic heterocycles. The Balaban J connectivity index is 2.11. The standard InChI is InChI=1S/C19H21FO2/c1-2-3-4-5-12-22-19-13-16(6-7-17(19)14-21)15-8-10-18(20)11-9-15/h6-11,13-14H,2-5,12H2,1H3. The van der Waals surface area contributed by atoms with Crippen LogP contribution in [0.2, 0.25) is 0 Å². The Morgan fingerprint density at radius 1 is 1.00 bits per heavy atom. The predicted molar refractivity (Wildman–Crippen MR) is 86.9 cm³/mol. The molecule has 0 saturated carbocycles. The lowest BCUT2D eigenvalue weighted by Crippen LogP contribution is -2.00. The van der Waals surface area contributed by atoms with E-state index < -0.39 is 0 Å². The third-order valence-electron chi connectivity index (χ3n) is 3.57. The molecule has 0 spiro atoms. The molecule has 0 N–H and O–H groups in total. The average Bonchev–Trinajstić information content (AvgIpc) is 2.55. The second-order valence-electron chi connectivity index (χ2n) is 5.29. The summed E-state index contributed by atoms with van der Waals surface area (Å²) in [6, 6.07) is 11.7. The number of carbonyl (C=O) groups excluding carboxylic acids is 1. The smallest absolute Gasteiger partial charge is 0.153 e. The highest BCUT2D eigenvalue weighted by molar-refractivity contribution is 5.81. The zero-order chi connectivity index (χ0) is 15.8. The SMILES string of the molecule is CCCCCCOc1cc(-c2ccc(F)cc2)ccc1C=O. The van der Waals surface area contributed by atoms with Gasteiger partial charge < -0.3 is 4.74 Å². The Kier molecular flexibility index (Phi) is 6.13. The van der Waals surface area contributed by atoms with E-state index in [1.54, 1.807) is 18.2 Å². The molecule has 0 heterocycles. The Morgan fingerprint density at radius 3 is 2.41 bits per heavy atom. The van der Waals surface area contributed by atoms with Gasteiger partial charge in [0.05, 0.1) is 12.2 Å². The fraction of sp³-hybridized carbons (Fsp3) is 0.316. The van der Waals surface area contributed by atoms with Crippen LogP contribution in [0.25, 0.3) is 11.1 Å². The third kappa shape index (κ3) is 4.42. The minimum absolute atomic E-state index is 0.263. The van der Waals surface area contributed by atoms with Crippen LogP contribution in [0.5, 0.6) is 5.75 Å². The highest BCUT2D eigenvalue weighted by Crippen LogP contribution is 2.27. The first-order valence-electron chi connectivity index (χ1n) is 7.72. The number of halogens is 1. The molecule has 0 amide bonds. The van der Waals surface area contributed by atoms with Gasteiger partial charge in [0.15, 0.2) is 6.29 Å². The van der Waals surface area contributed by atoms with E-state index in [9.17, 15) is 9.18 Å². The second kappa shape index (κ2) is 8.32. The molecule has 2 nitrogen and oxygen atoms in total. The van der Waals surface area contributed by atoms with E-state index in [1.165, 1.54) is 25.0 Å². The van der Waals surface area contributed by atoms with Crippen molar-refractivity contribution in [1.29, 1.82) is 0 Å². The lowest BCUT2D eigenvalue weighted by atomic mass is 10.0. The predicted octanol–water partition coefficient (Wildman–Crippen LogP) is 5.26. The molecular formula is C19H21FO2. The number of hydrogen-bond donors (Lipinski definition) is 0. The molecule has 0 aliphatic heterocycles. The van der Waals surface area contributed by atoms with Crippen LogP contribution < -0.4 is 4.74 Å². The first kappa shape index (κ1) is 16.2. The van der Waals surface area contributed by atoms with Gasteiger partial charge in [-0.2, -0.15) is 0 Å². The van der Waals surface area contributed by atoms with Crippen molar-refractivity contribution in [3.8, 4) is 16.9 Å². The highest BCUT2D eigenvalue weighted by Gasteiger charge is 2.06. The summed E-state index contributed by atoms with van der Waals surface area (Å²) < 4.78 is 18.8. The summed E-state index contributed by atoms with van der Waals surface area (Å²) in [6.45, 7) is 2.77. The van der Waals surface area contributed by atoms with Crippen LogP contribution in [-0.2, 0) is 0 Å². The van der Waals surface area contributed by atoms with Gasteiger partial charge in [-0.1, -0.05) is 44.4 Å². The van der Waals surface area contributed by atoms with Crippen LogP contribution in [0.4, 0.5) is 4.39 Å². The molecule has 0 aliphatic carbocycles. The van der Waals surface area contributed by atoms with Crippen LogP contribution >= 0.6 is 0 Å². The van der Waals surface area contributed by atoms with Gasteiger partial charge in [0.25, 0.3) is 0 Å². The molecule has 0 saturated heterocycles. The molecule has 0 bridgehead atoms. The van der Waals surface area contributed by atoms with Crippen molar-refractivity contribution in [2.75, 3.05) is 6.61 Å². The first-order chi connectivity index (χ1) is 10.7. The third-order valence-corrected chi connectivity index (χ3v) is 3.57. The molecule has 0 atom stereocenters. The summed E-state index contributed by atoms with van der Waals surface area (Å²) in [5.41, 5.74) is 2.35. The molecule has 2 aromatic carbocycles. The van der Waals surface area contributed by atoms with E-state index >= 15 is 0 Å². The maximum absolute atomic E-state index is 13.0. The van der Waals surface area contributed by atoms with Gasteiger partial charge in [-0.25, -0.2) is 4.39 Å². The van der Waals surface area contributed by atoms with Gasteiger partial charge in [0.1, 0.15) is 11.6 Å². The van der Waals surface area contributed by atoms with E-state index in [4.69, 9.17) is 4.74 Å². The molecular weight excluding hydrogens is 279 g/mol.